The highest BCUT2D eigenvalue weighted by molar-refractivity contribution is 7.24. The van der Waals surface area contributed by atoms with Gasteiger partial charge in [-0.05, 0) is 88.9 Å². The molecule has 0 saturated carbocycles. The van der Waals surface area contributed by atoms with Gasteiger partial charge in [0.05, 0.1) is 17.5 Å². The normalized spacial score (nSPS) is 11.7. The summed E-state index contributed by atoms with van der Waals surface area (Å²) in [5.74, 6) is -2.01. The van der Waals surface area contributed by atoms with Crippen LogP contribution in [0.25, 0.3) is 20.2 Å². The first-order chi connectivity index (χ1) is 30.9. The number of carbonyl (C=O) groups excluding carboxylic acids is 5. The lowest BCUT2D eigenvalue weighted by Crippen LogP contribution is -2.42. The molecule has 0 aliphatic heterocycles. The van der Waals surface area contributed by atoms with E-state index >= 15 is 0 Å². The summed E-state index contributed by atoms with van der Waals surface area (Å²) < 4.78 is 23.5. The first kappa shape index (κ1) is 52.1. The van der Waals surface area contributed by atoms with Crippen molar-refractivity contribution in [1.29, 1.82) is 0 Å². The van der Waals surface area contributed by atoms with Crippen molar-refractivity contribution in [2.45, 2.75) is 41.0 Å². The van der Waals surface area contributed by atoms with Gasteiger partial charge < -0.3 is 28.7 Å². The lowest BCUT2D eigenvalue weighted by atomic mass is 10.0. The van der Waals surface area contributed by atoms with Crippen molar-refractivity contribution in [2.24, 2.45) is 0 Å². The van der Waals surface area contributed by atoms with E-state index in [1.165, 1.54) is 18.3 Å². The van der Waals surface area contributed by atoms with Gasteiger partial charge in [-0.15, -0.1) is 24.5 Å². The van der Waals surface area contributed by atoms with Crippen LogP contribution in [-0.4, -0.2) is 124 Å². The standard InChI is InChI=1S/C48H57N3O10S.C2H4/c1-7-11-15-35(8-2)45(54)36-20-22-37(23-21-36)61-33-42(52)51(25-24-50(9-3)10-4)28-31-58-43(53)32-34(5)47(56)59-29-26-49(6)27-30-60-48(57)39-17-14-19-41-44(39)46(55)38-16-12-13-18-40(38)62-41;1-2/h8,11-23,32H,7,9-10,24-31,33H2,1-6H3;1-2H2/b15-11-,34-32-,35-8+;. The summed E-state index contributed by atoms with van der Waals surface area (Å²) >= 11 is 1.44. The summed E-state index contributed by atoms with van der Waals surface area (Å²) in [5, 5.41) is 0.892. The van der Waals surface area contributed by atoms with Crippen molar-refractivity contribution in [3.63, 3.8) is 0 Å². The SMILES string of the molecule is C/C=C(\C=C/CC)C(=O)c1ccc(OCC(=O)N(CCOC(=O)/C=C(/C)C(=O)OCCN(C)CCOC(=O)c2cccc3sc4ccccc4c(=O)c23)CCN(CC)CC)cc1.C=C. The zero-order valence-electron chi connectivity index (χ0n) is 37.9. The molecule has 0 aliphatic rings. The Morgan fingerprint density at radius 1 is 0.766 bits per heavy atom. The van der Waals surface area contributed by atoms with Crippen LogP contribution < -0.4 is 10.2 Å². The van der Waals surface area contributed by atoms with E-state index < -0.39 is 17.9 Å². The van der Waals surface area contributed by atoms with Crippen LogP contribution in [0, 0.1) is 0 Å². The van der Waals surface area contributed by atoms with Crippen LogP contribution in [0.3, 0.4) is 0 Å². The lowest BCUT2D eigenvalue weighted by molar-refractivity contribution is -0.143. The van der Waals surface area contributed by atoms with Crippen LogP contribution in [-0.2, 0) is 28.6 Å². The third-order valence-electron chi connectivity index (χ3n) is 10.0. The molecular formula is C50H61N3O10S. The van der Waals surface area contributed by atoms with Crippen LogP contribution >= 0.6 is 11.3 Å². The third kappa shape index (κ3) is 15.8. The van der Waals surface area contributed by atoms with Crippen LogP contribution in [0.15, 0.2) is 120 Å². The van der Waals surface area contributed by atoms with E-state index in [0.29, 0.717) is 58.5 Å². The van der Waals surface area contributed by atoms with Gasteiger partial charge in [-0.1, -0.05) is 57.2 Å². The number of Topliss-reactive ketones (excluding diaryl/α,β-unsaturated/α-hetero) is 1. The molecule has 0 unspecified atom stereocenters. The predicted molar refractivity (Wildman–Crippen MR) is 254 cm³/mol. The number of ketones is 1. The number of hydrogen-bond acceptors (Lipinski definition) is 13. The minimum Gasteiger partial charge on any atom is -0.484 e. The van der Waals surface area contributed by atoms with E-state index in [1.54, 1.807) is 72.6 Å². The van der Waals surface area contributed by atoms with Crippen LogP contribution in [0.2, 0.25) is 0 Å². The second-order valence-corrected chi connectivity index (χ2v) is 15.4. The van der Waals surface area contributed by atoms with Gasteiger partial charge in [0.1, 0.15) is 25.6 Å². The summed E-state index contributed by atoms with van der Waals surface area (Å²) in [6, 6.07) is 19.0. The van der Waals surface area contributed by atoms with E-state index in [-0.39, 0.29) is 61.2 Å². The molecule has 0 fully saturated rings. The smallest absolute Gasteiger partial charge is 0.338 e. The van der Waals surface area contributed by atoms with E-state index in [1.807, 2.05) is 56.9 Å². The van der Waals surface area contributed by atoms with Crippen LogP contribution in [0.5, 0.6) is 5.75 Å². The number of esters is 3. The van der Waals surface area contributed by atoms with Gasteiger partial charge in [0.25, 0.3) is 5.91 Å². The quantitative estimate of drug-likeness (QED) is 0.0129. The fourth-order valence-corrected chi connectivity index (χ4v) is 7.36. The predicted octanol–water partition coefficient (Wildman–Crippen LogP) is 7.68. The van der Waals surface area contributed by atoms with Crippen molar-refractivity contribution >= 4 is 61.1 Å². The topological polar surface area (TPSA) is 149 Å². The molecule has 4 rings (SSSR count). The van der Waals surface area contributed by atoms with Gasteiger partial charge in [-0.25, -0.2) is 14.4 Å². The molecule has 0 radical (unpaired) electrons. The van der Waals surface area contributed by atoms with Crippen LogP contribution in [0.4, 0.5) is 0 Å². The molecular weight excluding hydrogens is 835 g/mol. The third-order valence-corrected chi connectivity index (χ3v) is 11.2. The average Bonchev–Trinajstić information content (AvgIpc) is 3.31. The number of rotatable bonds is 24. The molecule has 3 aromatic carbocycles. The summed E-state index contributed by atoms with van der Waals surface area (Å²) in [6.45, 7) is 18.4. The number of likely N-dealkylation sites (N-methyl/N-ethyl adjacent to an activating group) is 2. The fourth-order valence-electron chi connectivity index (χ4n) is 6.26. The molecule has 64 heavy (non-hydrogen) atoms. The minimum atomic E-state index is -0.754. The molecule has 1 heterocycles. The second-order valence-electron chi connectivity index (χ2n) is 14.3. The monoisotopic (exact) mass is 895 g/mol. The first-order valence-corrected chi connectivity index (χ1v) is 22.1. The van der Waals surface area contributed by atoms with Gasteiger partial charge in [0.2, 0.25) is 0 Å². The number of carbonyl (C=O) groups is 5. The molecule has 0 bridgehead atoms. The van der Waals surface area contributed by atoms with Crippen LogP contribution in [0.1, 0.15) is 61.8 Å². The molecule has 1 aromatic heterocycles. The van der Waals surface area contributed by atoms with Gasteiger partial charge in [-0.2, -0.15) is 0 Å². The Morgan fingerprint density at radius 2 is 1.42 bits per heavy atom. The number of benzene rings is 3. The van der Waals surface area contributed by atoms with E-state index in [4.69, 9.17) is 18.9 Å². The summed E-state index contributed by atoms with van der Waals surface area (Å²) in [5.41, 5.74) is 1.15. The maximum atomic E-state index is 13.3. The van der Waals surface area contributed by atoms with Crippen molar-refractivity contribution in [3.05, 3.63) is 137 Å². The maximum Gasteiger partial charge on any atom is 0.338 e. The molecule has 13 nitrogen and oxygen atoms in total. The maximum absolute atomic E-state index is 13.3. The van der Waals surface area contributed by atoms with E-state index in [0.717, 1.165) is 30.3 Å². The zero-order valence-corrected chi connectivity index (χ0v) is 38.7. The number of allylic oxidation sites excluding steroid dienone is 4. The van der Waals surface area contributed by atoms with E-state index in [9.17, 15) is 28.8 Å². The van der Waals surface area contributed by atoms with Gasteiger partial charge in [0.15, 0.2) is 17.8 Å². The second kappa shape index (κ2) is 27.8. The highest BCUT2D eigenvalue weighted by Gasteiger charge is 2.19. The highest BCUT2D eigenvalue weighted by Crippen LogP contribution is 2.27. The fraction of sp³-hybridized carbons (Fsp3) is 0.360. The first-order valence-electron chi connectivity index (χ1n) is 21.3. The van der Waals surface area contributed by atoms with Crippen molar-refractivity contribution in [3.8, 4) is 5.75 Å². The van der Waals surface area contributed by atoms with Crippen molar-refractivity contribution in [1.82, 2.24) is 14.7 Å². The average molecular weight is 896 g/mol. The molecule has 14 heteroatoms. The Bertz CT molecular complexity index is 2350. The molecule has 0 saturated heterocycles. The minimum absolute atomic E-state index is 0.0164. The Kier molecular flexibility index (Phi) is 22.6. The molecule has 4 aromatic rings. The van der Waals surface area contributed by atoms with Gasteiger partial charge in [-0.3, -0.25) is 19.3 Å². The zero-order chi connectivity index (χ0) is 47.0. The molecule has 0 spiro atoms. The molecule has 0 N–H and O–H groups in total. The Labute approximate surface area is 380 Å². The van der Waals surface area contributed by atoms with Gasteiger partial charge in [0, 0.05) is 63.8 Å². The number of fused-ring (bicyclic) bond motifs is 2. The number of nitrogens with zero attached hydrogens (tertiary/aromatic N) is 3. The number of amides is 1. The summed E-state index contributed by atoms with van der Waals surface area (Å²) in [6.07, 6.45) is 7.37. The largest absolute Gasteiger partial charge is 0.484 e. The Hall–Kier alpha value is -6.22. The lowest BCUT2D eigenvalue weighted by Gasteiger charge is -2.26. The molecule has 1 amide bonds. The molecule has 0 atom stereocenters. The van der Waals surface area contributed by atoms with E-state index in [2.05, 4.69) is 18.1 Å². The molecule has 342 valence electrons. The number of hydrogen-bond donors (Lipinski definition) is 0. The molecule has 0 aliphatic carbocycles. The van der Waals surface area contributed by atoms with Crippen molar-refractivity contribution in [2.75, 3.05) is 79.3 Å². The summed E-state index contributed by atoms with van der Waals surface area (Å²) in [4.78, 5) is 83.2. The Balaban J connectivity index is 0.00000537. The highest BCUT2D eigenvalue weighted by atomic mass is 32.1. The Morgan fingerprint density at radius 3 is 2.09 bits per heavy atom. The summed E-state index contributed by atoms with van der Waals surface area (Å²) in [7, 11) is 1.78. The van der Waals surface area contributed by atoms with Crippen molar-refractivity contribution < 1.29 is 42.9 Å². The van der Waals surface area contributed by atoms with Gasteiger partial charge >= 0.3 is 17.9 Å². The number of ether oxygens (including phenoxy) is 4.